The number of rotatable bonds is 6. The molecule has 3 rings (SSSR count). The van der Waals surface area contributed by atoms with Crippen molar-refractivity contribution in [3.63, 3.8) is 0 Å². The summed E-state index contributed by atoms with van der Waals surface area (Å²) in [5.41, 5.74) is 1.47. The molecule has 0 aliphatic heterocycles. The van der Waals surface area contributed by atoms with Crippen molar-refractivity contribution in [1.82, 2.24) is 14.8 Å². The standard InChI is InChI=1S/C18H18ClFN4OS2/c1-10(2)24-17(12-6-11(3)26-8-12)22-23-18(24)27-9-16(25)21-13-4-5-15(20)14(19)7-13/h4-8,10H,9H2,1-3H3,(H,21,25). The predicted octanol–water partition coefficient (Wildman–Crippen LogP) is 5.42. The molecule has 0 spiro atoms. The Morgan fingerprint density at radius 3 is 2.78 bits per heavy atom. The first-order chi connectivity index (χ1) is 12.8. The minimum atomic E-state index is -0.523. The number of thioether (sulfide) groups is 1. The summed E-state index contributed by atoms with van der Waals surface area (Å²) < 4.78 is 15.2. The van der Waals surface area contributed by atoms with Crippen molar-refractivity contribution in [3.05, 3.63) is 45.4 Å². The van der Waals surface area contributed by atoms with E-state index in [2.05, 4.69) is 40.8 Å². The van der Waals surface area contributed by atoms with Gasteiger partial charge < -0.3 is 5.32 Å². The zero-order chi connectivity index (χ0) is 19.6. The average molecular weight is 425 g/mol. The molecule has 0 aliphatic carbocycles. The lowest BCUT2D eigenvalue weighted by Crippen LogP contribution is -2.15. The van der Waals surface area contributed by atoms with Crippen LogP contribution >= 0.6 is 34.7 Å². The molecule has 0 fully saturated rings. The largest absolute Gasteiger partial charge is 0.325 e. The molecule has 0 atom stereocenters. The van der Waals surface area contributed by atoms with E-state index in [9.17, 15) is 9.18 Å². The summed E-state index contributed by atoms with van der Waals surface area (Å²) in [6.45, 7) is 6.15. The van der Waals surface area contributed by atoms with Crippen LogP contribution < -0.4 is 5.32 Å². The Morgan fingerprint density at radius 1 is 1.37 bits per heavy atom. The van der Waals surface area contributed by atoms with E-state index in [1.807, 2.05) is 11.5 Å². The van der Waals surface area contributed by atoms with Gasteiger partial charge in [-0.15, -0.1) is 21.5 Å². The number of aryl methyl sites for hydroxylation is 1. The highest BCUT2D eigenvalue weighted by Gasteiger charge is 2.18. The second kappa shape index (κ2) is 8.41. The topological polar surface area (TPSA) is 59.8 Å². The fraction of sp³-hybridized carbons (Fsp3) is 0.278. The SMILES string of the molecule is Cc1cc(-c2nnc(SCC(=O)Nc3ccc(F)c(Cl)c3)n2C(C)C)cs1. The lowest BCUT2D eigenvalue weighted by atomic mass is 10.3. The van der Waals surface area contributed by atoms with Gasteiger partial charge in [0.2, 0.25) is 5.91 Å². The van der Waals surface area contributed by atoms with E-state index in [0.29, 0.717) is 10.8 Å². The Hall–Kier alpha value is -1.90. The minimum Gasteiger partial charge on any atom is -0.325 e. The summed E-state index contributed by atoms with van der Waals surface area (Å²) in [4.78, 5) is 13.4. The van der Waals surface area contributed by atoms with Crippen molar-refractivity contribution in [1.29, 1.82) is 0 Å². The number of thiophene rings is 1. The second-order valence-corrected chi connectivity index (χ2v) is 8.65. The van der Waals surface area contributed by atoms with Gasteiger partial charge in [-0.1, -0.05) is 23.4 Å². The van der Waals surface area contributed by atoms with Gasteiger partial charge in [0, 0.05) is 27.5 Å². The van der Waals surface area contributed by atoms with Crippen molar-refractivity contribution in [2.45, 2.75) is 32.0 Å². The van der Waals surface area contributed by atoms with Crippen molar-refractivity contribution in [2.24, 2.45) is 0 Å². The van der Waals surface area contributed by atoms with Crippen LogP contribution in [0.15, 0.2) is 34.8 Å². The van der Waals surface area contributed by atoms with Crippen LogP contribution in [0.4, 0.5) is 10.1 Å². The number of nitrogens with zero attached hydrogens (tertiary/aromatic N) is 3. The molecule has 1 N–H and O–H groups in total. The van der Waals surface area contributed by atoms with Gasteiger partial charge in [0.15, 0.2) is 11.0 Å². The lowest BCUT2D eigenvalue weighted by molar-refractivity contribution is -0.113. The zero-order valence-electron chi connectivity index (χ0n) is 15.0. The van der Waals surface area contributed by atoms with Gasteiger partial charge in [-0.3, -0.25) is 9.36 Å². The number of carbonyl (C=O) groups excluding carboxylic acids is 1. The molecule has 0 saturated carbocycles. The molecule has 5 nitrogen and oxygen atoms in total. The van der Waals surface area contributed by atoms with E-state index in [1.165, 1.54) is 34.8 Å². The first-order valence-corrected chi connectivity index (χ1v) is 10.5. The van der Waals surface area contributed by atoms with Gasteiger partial charge in [0.1, 0.15) is 5.82 Å². The first kappa shape index (κ1) is 19.9. The van der Waals surface area contributed by atoms with Gasteiger partial charge in [0.25, 0.3) is 0 Å². The number of benzene rings is 1. The highest BCUT2D eigenvalue weighted by Crippen LogP contribution is 2.30. The summed E-state index contributed by atoms with van der Waals surface area (Å²) in [5.74, 6) is 0.199. The number of anilines is 1. The first-order valence-electron chi connectivity index (χ1n) is 8.23. The molecule has 1 aromatic carbocycles. The Morgan fingerprint density at radius 2 is 2.15 bits per heavy atom. The van der Waals surface area contributed by atoms with E-state index in [-0.39, 0.29) is 22.7 Å². The van der Waals surface area contributed by atoms with Crippen molar-refractivity contribution < 1.29 is 9.18 Å². The number of nitrogens with one attached hydrogen (secondary N) is 1. The Kier molecular flexibility index (Phi) is 6.18. The van der Waals surface area contributed by atoms with Crippen LogP contribution in [0.25, 0.3) is 11.4 Å². The lowest BCUT2D eigenvalue weighted by Gasteiger charge is -2.13. The van der Waals surface area contributed by atoms with Crippen molar-refractivity contribution in [3.8, 4) is 11.4 Å². The molecular formula is C18H18ClFN4OS2. The van der Waals surface area contributed by atoms with Gasteiger partial charge >= 0.3 is 0 Å². The van der Waals surface area contributed by atoms with Crippen LogP contribution in [-0.4, -0.2) is 26.4 Å². The molecular weight excluding hydrogens is 407 g/mol. The minimum absolute atomic E-state index is 0.0318. The van der Waals surface area contributed by atoms with Gasteiger partial charge in [-0.2, -0.15) is 0 Å². The molecule has 1 amide bonds. The second-order valence-electron chi connectivity index (χ2n) is 6.18. The summed E-state index contributed by atoms with van der Waals surface area (Å²) in [7, 11) is 0. The molecule has 9 heteroatoms. The molecule has 2 aromatic heterocycles. The maximum Gasteiger partial charge on any atom is 0.234 e. The predicted molar refractivity (Wildman–Crippen MR) is 109 cm³/mol. The Balaban J connectivity index is 1.71. The fourth-order valence-corrected chi connectivity index (χ4v) is 4.23. The van der Waals surface area contributed by atoms with Crippen LogP contribution in [0.2, 0.25) is 5.02 Å². The summed E-state index contributed by atoms with van der Waals surface area (Å²) in [5, 5.41) is 14.0. The fourth-order valence-electron chi connectivity index (χ4n) is 2.50. The van der Waals surface area contributed by atoms with E-state index in [1.54, 1.807) is 11.3 Å². The number of hydrogen-bond acceptors (Lipinski definition) is 5. The van der Waals surface area contributed by atoms with E-state index < -0.39 is 5.82 Å². The third-order valence-electron chi connectivity index (χ3n) is 3.71. The molecule has 0 unspecified atom stereocenters. The third kappa shape index (κ3) is 4.69. The number of amides is 1. The highest BCUT2D eigenvalue weighted by molar-refractivity contribution is 7.99. The molecule has 142 valence electrons. The molecule has 27 heavy (non-hydrogen) atoms. The van der Waals surface area contributed by atoms with Gasteiger partial charge in [-0.25, -0.2) is 4.39 Å². The van der Waals surface area contributed by atoms with Crippen LogP contribution in [-0.2, 0) is 4.79 Å². The number of hydrogen-bond donors (Lipinski definition) is 1. The molecule has 3 aromatic rings. The number of carbonyl (C=O) groups is 1. The monoisotopic (exact) mass is 424 g/mol. The maximum absolute atomic E-state index is 13.2. The van der Waals surface area contributed by atoms with Gasteiger partial charge in [-0.05, 0) is 45.0 Å². The van der Waals surface area contributed by atoms with Crippen LogP contribution in [0.5, 0.6) is 0 Å². The smallest absolute Gasteiger partial charge is 0.234 e. The molecule has 0 saturated heterocycles. The Labute approximate surface area is 170 Å². The molecule has 0 bridgehead atoms. The normalized spacial score (nSPS) is 11.2. The summed E-state index contributed by atoms with van der Waals surface area (Å²) >= 11 is 8.70. The quantitative estimate of drug-likeness (QED) is 0.537. The Bertz CT molecular complexity index is 970. The number of halogens is 2. The zero-order valence-corrected chi connectivity index (χ0v) is 17.4. The van der Waals surface area contributed by atoms with E-state index in [4.69, 9.17) is 11.6 Å². The van der Waals surface area contributed by atoms with E-state index >= 15 is 0 Å². The average Bonchev–Trinajstić information content (AvgIpc) is 3.22. The molecule has 2 heterocycles. The maximum atomic E-state index is 13.2. The molecule has 0 aliphatic rings. The molecule has 0 radical (unpaired) electrons. The van der Waals surface area contributed by atoms with Crippen LogP contribution in [0.1, 0.15) is 24.8 Å². The van der Waals surface area contributed by atoms with Crippen LogP contribution in [0, 0.1) is 12.7 Å². The van der Waals surface area contributed by atoms with E-state index in [0.717, 1.165) is 11.4 Å². The third-order valence-corrected chi connectivity index (χ3v) is 5.80. The van der Waals surface area contributed by atoms with Crippen molar-refractivity contribution in [2.75, 3.05) is 11.1 Å². The van der Waals surface area contributed by atoms with Crippen molar-refractivity contribution >= 4 is 46.3 Å². The summed E-state index contributed by atoms with van der Waals surface area (Å²) in [6, 6.07) is 6.30. The number of aromatic nitrogens is 3. The van der Waals surface area contributed by atoms with Crippen LogP contribution in [0.3, 0.4) is 0 Å². The van der Waals surface area contributed by atoms with Gasteiger partial charge in [0.05, 0.1) is 10.8 Å². The highest BCUT2D eigenvalue weighted by atomic mass is 35.5. The summed E-state index contributed by atoms with van der Waals surface area (Å²) in [6.07, 6.45) is 0.